The zero-order valence-corrected chi connectivity index (χ0v) is 19.1. The Morgan fingerprint density at radius 1 is 1.25 bits per heavy atom. The summed E-state index contributed by atoms with van der Waals surface area (Å²) in [6.07, 6.45) is 6.30. The molecule has 1 saturated carbocycles. The van der Waals surface area contributed by atoms with Crippen molar-refractivity contribution in [3.63, 3.8) is 0 Å². The summed E-state index contributed by atoms with van der Waals surface area (Å²) in [6.45, 7) is 7.84. The molecule has 3 aromatic heterocycles. The predicted molar refractivity (Wildman–Crippen MR) is 124 cm³/mol. The van der Waals surface area contributed by atoms with Crippen molar-refractivity contribution >= 4 is 22.8 Å². The van der Waals surface area contributed by atoms with Gasteiger partial charge in [-0.25, -0.2) is 4.98 Å². The maximum absolute atomic E-state index is 13.7. The van der Waals surface area contributed by atoms with E-state index < -0.39 is 0 Å². The van der Waals surface area contributed by atoms with Gasteiger partial charge in [-0.05, 0) is 61.8 Å². The third-order valence-corrected chi connectivity index (χ3v) is 6.94. The summed E-state index contributed by atoms with van der Waals surface area (Å²) < 4.78 is 5.57. The monoisotopic (exact) mass is 433 g/mol. The number of carbonyl (C=O) groups excluding carboxylic acids is 1. The van der Waals surface area contributed by atoms with Crippen LogP contribution in [-0.2, 0) is 24.5 Å². The molecule has 2 aliphatic rings. The van der Waals surface area contributed by atoms with Crippen LogP contribution in [0.1, 0.15) is 83.9 Å². The minimum absolute atomic E-state index is 0.0336. The van der Waals surface area contributed by atoms with Crippen LogP contribution in [0.3, 0.4) is 0 Å². The minimum Gasteiger partial charge on any atom is -0.383 e. The zero-order valence-electron chi connectivity index (χ0n) is 19.1. The van der Waals surface area contributed by atoms with Gasteiger partial charge in [0.2, 0.25) is 0 Å². The van der Waals surface area contributed by atoms with Crippen LogP contribution in [0.4, 0.5) is 5.82 Å². The molecule has 0 atom stereocenters. The van der Waals surface area contributed by atoms with Crippen molar-refractivity contribution in [2.75, 3.05) is 5.73 Å². The van der Waals surface area contributed by atoms with Gasteiger partial charge in [-0.1, -0.05) is 13.8 Å². The summed E-state index contributed by atoms with van der Waals surface area (Å²) in [5.74, 6) is 1.12. The van der Waals surface area contributed by atoms with Crippen LogP contribution in [0.2, 0.25) is 0 Å². The largest absolute Gasteiger partial charge is 0.383 e. The molecule has 0 unspecified atom stereocenters. The first-order valence-electron chi connectivity index (χ1n) is 11.6. The van der Waals surface area contributed by atoms with Crippen molar-refractivity contribution in [1.82, 2.24) is 19.9 Å². The van der Waals surface area contributed by atoms with E-state index in [9.17, 15) is 4.79 Å². The molecule has 168 valence electrons. The number of H-pyrrole nitrogens is 1. The molecule has 0 spiro atoms. The molecule has 3 aromatic rings. The molecule has 5 rings (SSSR count). The molecule has 7 heteroatoms. The number of nitrogens with two attached hydrogens (primary N) is 1. The van der Waals surface area contributed by atoms with E-state index in [2.05, 4.69) is 36.8 Å². The van der Waals surface area contributed by atoms with Gasteiger partial charge in [-0.15, -0.1) is 0 Å². The van der Waals surface area contributed by atoms with Gasteiger partial charge in [0.1, 0.15) is 11.5 Å². The number of carbonyl (C=O) groups is 1. The topological polar surface area (TPSA) is 97.1 Å². The highest BCUT2D eigenvalue weighted by Crippen LogP contribution is 2.41. The minimum atomic E-state index is -0.0336. The molecule has 0 saturated heterocycles. The molecular weight excluding hydrogens is 402 g/mol. The maximum atomic E-state index is 13.7. The lowest BCUT2D eigenvalue weighted by Gasteiger charge is -2.30. The van der Waals surface area contributed by atoms with Crippen LogP contribution < -0.4 is 5.73 Å². The molecule has 1 aliphatic heterocycles. The Balaban J connectivity index is 1.48. The summed E-state index contributed by atoms with van der Waals surface area (Å²) in [7, 11) is 0. The van der Waals surface area contributed by atoms with Crippen molar-refractivity contribution in [3.8, 4) is 0 Å². The summed E-state index contributed by atoms with van der Waals surface area (Å²) in [5, 5.41) is 0. The second-order valence-corrected chi connectivity index (χ2v) is 9.10. The fourth-order valence-corrected chi connectivity index (χ4v) is 4.91. The van der Waals surface area contributed by atoms with E-state index in [4.69, 9.17) is 15.5 Å². The Kier molecular flexibility index (Phi) is 5.37. The van der Waals surface area contributed by atoms with Gasteiger partial charge in [-0.3, -0.25) is 9.78 Å². The second kappa shape index (κ2) is 8.20. The second-order valence-electron chi connectivity index (χ2n) is 9.10. The summed E-state index contributed by atoms with van der Waals surface area (Å²) in [5.41, 5.74) is 13.7. The molecular formula is C25H31N5O2. The average molecular weight is 434 g/mol. The molecule has 0 radical (unpaired) electrons. The Bertz CT molecular complexity index is 1180. The van der Waals surface area contributed by atoms with Gasteiger partial charge in [-0.2, -0.15) is 0 Å². The number of nitrogen functional groups attached to an aromatic ring is 1. The lowest BCUT2D eigenvalue weighted by atomic mass is 10.1. The number of nitrogens with one attached hydrogen (secondary N) is 1. The number of hydrogen-bond donors (Lipinski definition) is 2. The van der Waals surface area contributed by atoms with Gasteiger partial charge in [0.05, 0.1) is 36.5 Å². The molecule has 3 N–H and O–H groups in total. The van der Waals surface area contributed by atoms with Crippen LogP contribution in [0, 0.1) is 6.92 Å². The normalized spacial score (nSPS) is 15.5. The highest BCUT2D eigenvalue weighted by atomic mass is 16.5. The van der Waals surface area contributed by atoms with Crippen molar-refractivity contribution in [3.05, 3.63) is 52.0 Å². The molecule has 1 amide bonds. The van der Waals surface area contributed by atoms with E-state index in [1.54, 1.807) is 0 Å². The lowest BCUT2D eigenvalue weighted by molar-refractivity contribution is 0.0641. The van der Waals surface area contributed by atoms with Crippen LogP contribution in [0.5, 0.6) is 0 Å². The number of ether oxygens (including phenoxy) is 1. The number of amides is 1. The standard InChI is InChI=1S/C25H31N5O2/c1-4-17(5-2)30(11-16-8-14(3)18(10-27-16)15-6-7-15)25(31)22-9-21-23(28-22)19-12-32-13-20(19)24(26)29-21/h8-10,15,17,28H,4-7,11-13H2,1-3H3,(H2,26,29). The van der Waals surface area contributed by atoms with Gasteiger partial charge >= 0.3 is 0 Å². The van der Waals surface area contributed by atoms with Gasteiger partial charge in [0.25, 0.3) is 5.91 Å². The smallest absolute Gasteiger partial charge is 0.270 e. The van der Waals surface area contributed by atoms with E-state index in [1.807, 2.05) is 17.2 Å². The first-order valence-corrected chi connectivity index (χ1v) is 11.6. The number of rotatable bonds is 7. The molecule has 0 aromatic carbocycles. The maximum Gasteiger partial charge on any atom is 0.270 e. The molecule has 32 heavy (non-hydrogen) atoms. The van der Waals surface area contributed by atoms with E-state index in [1.165, 1.54) is 24.0 Å². The number of aromatic amines is 1. The average Bonchev–Trinajstić information content (AvgIpc) is 3.32. The zero-order chi connectivity index (χ0) is 22.4. The SMILES string of the molecule is CCC(CC)N(Cc1cc(C)c(C2CC2)cn1)C(=O)c1cc2nc(N)c3c(c2[nH]1)COC3. The Morgan fingerprint density at radius 2 is 2.00 bits per heavy atom. The van der Waals surface area contributed by atoms with Gasteiger partial charge in [0.15, 0.2) is 0 Å². The molecule has 1 aliphatic carbocycles. The van der Waals surface area contributed by atoms with E-state index in [-0.39, 0.29) is 11.9 Å². The highest BCUT2D eigenvalue weighted by molar-refractivity contribution is 5.98. The number of aromatic nitrogens is 3. The van der Waals surface area contributed by atoms with E-state index >= 15 is 0 Å². The van der Waals surface area contributed by atoms with Crippen molar-refractivity contribution in [2.24, 2.45) is 0 Å². The van der Waals surface area contributed by atoms with Crippen LogP contribution in [-0.4, -0.2) is 31.8 Å². The number of anilines is 1. The Morgan fingerprint density at radius 3 is 2.69 bits per heavy atom. The summed E-state index contributed by atoms with van der Waals surface area (Å²) in [6, 6.07) is 4.09. The fraction of sp³-hybridized carbons (Fsp3) is 0.480. The molecule has 0 bridgehead atoms. The lowest BCUT2D eigenvalue weighted by Crippen LogP contribution is -2.39. The van der Waals surface area contributed by atoms with Crippen molar-refractivity contribution in [2.45, 2.75) is 78.2 Å². The quantitative estimate of drug-likeness (QED) is 0.568. The third-order valence-electron chi connectivity index (χ3n) is 6.94. The van der Waals surface area contributed by atoms with Crippen LogP contribution in [0.15, 0.2) is 18.3 Å². The van der Waals surface area contributed by atoms with E-state index in [0.29, 0.717) is 42.7 Å². The van der Waals surface area contributed by atoms with Gasteiger partial charge < -0.3 is 20.4 Å². The third kappa shape index (κ3) is 3.64. The number of pyridine rings is 2. The van der Waals surface area contributed by atoms with Crippen molar-refractivity contribution in [1.29, 1.82) is 0 Å². The molecule has 4 heterocycles. The predicted octanol–water partition coefficient (Wildman–Crippen LogP) is 4.59. The molecule has 7 nitrogen and oxygen atoms in total. The molecule has 1 fully saturated rings. The van der Waals surface area contributed by atoms with Crippen molar-refractivity contribution < 1.29 is 9.53 Å². The van der Waals surface area contributed by atoms with Gasteiger partial charge in [0, 0.05) is 23.4 Å². The number of nitrogens with zero attached hydrogens (tertiary/aromatic N) is 3. The fourth-order valence-electron chi connectivity index (χ4n) is 4.91. The first kappa shape index (κ1) is 20.9. The number of aryl methyl sites for hydroxylation is 1. The van der Waals surface area contributed by atoms with Crippen LogP contribution >= 0.6 is 0 Å². The van der Waals surface area contributed by atoms with Crippen LogP contribution in [0.25, 0.3) is 11.0 Å². The Labute approximate surface area is 188 Å². The van der Waals surface area contributed by atoms with E-state index in [0.717, 1.165) is 35.2 Å². The Hall–Kier alpha value is -2.93. The summed E-state index contributed by atoms with van der Waals surface area (Å²) in [4.78, 5) is 28.2. The first-order chi connectivity index (χ1) is 15.5. The summed E-state index contributed by atoms with van der Waals surface area (Å²) >= 11 is 0. The number of fused-ring (bicyclic) bond motifs is 3. The highest BCUT2D eigenvalue weighted by Gasteiger charge is 2.28. The number of hydrogen-bond acceptors (Lipinski definition) is 5.